The first kappa shape index (κ1) is 18.3. The average Bonchev–Trinajstić information content (AvgIpc) is 2.98. The fraction of sp³-hybridized carbons (Fsp3) is 0.474. The SMILES string of the molecule is CCOc1cc2c(cc1/C=C/C(=O)N1CCOC(C(=O)O)C1)OC(C)C2. The number of aliphatic carboxylic acids is 1. The lowest BCUT2D eigenvalue weighted by Gasteiger charge is -2.30. The Morgan fingerprint density at radius 3 is 2.96 bits per heavy atom. The molecule has 0 spiro atoms. The number of carboxylic acids is 1. The predicted octanol–water partition coefficient (Wildman–Crippen LogP) is 1.73. The Morgan fingerprint density at radius 1 is 1.42 bits per heavy atom. The van der Waals surface area contributed by atoms with E-state index in [0.717, 1.165) is 23.3 Å². The summed E-state index contributed by atoms with van der Waals surface area (Å²) in [6.45, 7) is 5.07. The number of carboxylic acid groups (broad SMARTS) is 1. The van der Waals surface area contributed by atoms with Crippen LogP contribution in [0.3, 0.4) is 0 Å². The number of carbonyl (C=O) groups is 2. The van der Waals surface area contributed by atoms with Crippen LogP contribution in [-0.4, -0.2) is 60.4 Å². The lowest BCUT2D eigenvalue weighted by molar-refractivity contribution is -0.158. The van der Waals surface area contributed by atoms with E-state index in [4.69, 9.17) is 19.3 Å². The van der Waals surface area contributed by atoms with E-state index in [9.17, 15) is 9.59 Å². The molecule has 7 heteroatoms. The molecule has 0 saturated carbocycles. The van der Waals surface area contributed by atoms with Crippen LogP contribution in [0.15, 0.2) is 18.2 Å². The molecular weight excluding hydrogens is 338 g/mol. The number of nitrogens with zero attached hydrogens (tertiary/aromatic N) is 1. The molecule has 2 aliphatic heterocycles. The lowest BCUT2D eigenvalue weighted by atomic mass is 10.1. The molecule has 0 radical (unpaired) electrons. The number of amides is 1. The van der Waals surface area contributed by atoms with Gasteiger partial charge in [0.2, 0.25) is 5.91 Å². The molecule has 1 amide bonds. The lowest BCUT2D eigenvalue weighted by Crippen LogP contribution is -2.48. The van der Waals surface area contributed by atoms with E-state index < -0.39 is 12.1 Å². The normalized spacial score (nSPS) is 22.2. The molecule has 2 aliphatic rings. The number of hydrogen-bond donors (Lipinski definition) is 1. The van der Waals surface area contributed by atoms with Crippen molar-refractivity contribution in [2.45, 2.75) is 32.5 Å². The van der Waals surface area contributed by atoms with Gasteiger partial charge in [-0.3, -0.25) is 4.79 Å². The highest BCUT2D eigenvalue weighted by Crippen LogP contribution is 2.35. The van der Waals surface area contributed by atoms with Crippen molar-refractivity contribution >= 4 is 18.0 Å². The van der Waals surface area contributed by atoms with Crippen LogP contribution in [0.1, 0.15) is 25.0 Å². The van der Waals surface area contributed by atoms with Gasteiger partial charge in [-0.05, 0) is 32.1 Å². The van der Waals surface area contributed by atoms with Crippen LogP contribution in [0, 0.1) is 0 Å². The Bertz CT molecular complexity index is 729. The minimum absolute atomic E-state index is 0.0433. The number of morpholine rings is 1. The van der Waals surface area contributed by atoms with Crippen molar-refractivity contribution in [3.05, 3.63) is 29.3 Å². The van der Waals surface area contributed by atoms with Gasteiger partial charge in [-0.15, -0.1) is 0 Å². The molecule has 1 fully saturated rings. The molecule has 3 rings (SSSR count). The minimum atomic E-state index is -1.06. The summed E-state index contributed by atoms with van der Waals surface area (Å²) in [4.78, 5) is 24.9. The third kappa shape index (κ3) is 3.99. The van der Waals surface area contributed by atoms with Gasteiger partial charge in [0.05, 0.1) is 19.8 Å². The maximum absolute atomic E-state index is 12.4. The van der Waals surface area contributed by atoms with E-state index in [1.165, 1.54) is 11.0 Å². The van der Waals surface area contributed by atoms with Crippen molar-refractivity contribution in [2.75, 3.05) is 26.3 Å². The van der Waals surface area contributed by atoms with Gasteiger partial charge in [0.1, 0.15) is 17.6 Å². The Hall–Kier alpha value is -2.54. The van der Waals surface area contributed by atoms with Crippen LogP contribution in [0.25, 0.3) is 6.08 Å². The number of ether oxygens (including phenoxy) is 3. The summed E-state index contributed by atoms with van der Waals surface area (Å²) in [5.41, 5.74) is 1.86. The maximum atomic E-state index is 12.4. The second kappa shape index (κ2) is 7.78. The second-order valence-corrected chi connectivity index (χ2v) is 6.38. The Balaban J connectivity index is 1.76. The minimum Gasteiger partial charge on any atom is -0.493 e. The molecule has 0 bridgehead atoms. The standard InChI is InChI=1S/C19H23NO6/c1-3-24-15-10-14-8-12(2)26-16(14)9-13(15)4-5-18(21)20-6-7-25-17(11-20)19(22)23/h4-5,9-10,12,17H,3,6-8,11H2,1-2H3,(H,22,23)/b5-4+. The van der Waals surface area contributed by atoms with Crippen molar-refractivity contribution in [2.24, 2.45) is 0 Å². The van der Waals surface area contributed by atoms with Crippen molar-refractivity contribution in [3.63, 3.8) is 0 Å². The summed E-state index contributed by atoms with van der Waals surface area (Å²) >= 11 is 0. The molecule has 1 saturated heterocycles. The smallest absolute Gasteiger partial charge is 0.334 e. The highest BCUT2D eigenvalue weighted by Gasteiger charge is 2.28. The van der Waals surface area contributed by atoms with E-state index in [2.05, 4.69) is 0 Å². The van der Waals surface area contributed by atoms with Crippen LogP contribution in [0.5, 0.6) is 11.5 Å². The number of hydrogen-bond acceptors (Lipinski definition) is 5. The number of benzene rings is 1. The Labute approximate surface area is 152 Å². The molecule has 7 nitrogen and oxygen atoms in total. The Morgan fingerprint density at radius 2 is 2.23 bits per heavy atom. The van der Waals surface area contributed by atoms with Crippen LogP contribution in [0.2, 0.25) is 0 Å². The largest absolute Gasteiger partial charge is 0.493 e. The zero-order valence-corrected chi connectivity index (χ0v) is 14.9. The first-order valence-electron chi connectivity index (χ1n) is 8.75. The summed E-state index contributed by atoms with van der Waals surface area (Å²) < 4.78 is 16.6. The highest BCUT2D eigenvalue weighted by molar-refractivity contribution is 5.92. The fourth-order valence-corrected chi connectivity index (χ4v) is 3.13. The van der Waals surface area contributed by atoms with E-state index in [-0.39, 0.29) is 25.2 Å². The molecule has 1 N–H and O–H groups in total. The zero-order valence-electron chi connectivity index (χ0n) is 14.9. The summed E-state index contributed by atoms with van der Waals surface area (Å²) in [5, 5.41) is 9.04. The fourth-order valence-electron chi connectivity index (χ4n) is 3.13. The van der Waals surface area contributed by atoms with E-state index in [1.54, 1.807) is 6.08 Å². The van der Waals surface area contributed by atoms with Gasteiger partial charge in [0.25, 0.3) is 0 Å². The second-order valence-electron chi connectivity index (χ2n) is 6.38. The number of fused-ring (bicyclic) bond motifs is 1. The first-order chi connectivity index (χ1) is 12.5. The van der Waals surface area contributed by atoms with Crippen molar-refractivity contribution in [3.8, 4) is 11.5 Å². The first-order valence-corrected chi connectivity index (χ1v) is 8.75. The molecule has 0 aromatic heterocycles. The molecular formula is C19H23NO6. The van der Waals surface area contributed by atoms with Crippen LogP contribution < -0.4 is 9.47 Å². The van der Waals surface area contributed by atoms with Gasteiger partial charge in [-0.1, -0.05) is 0 Å². The molecule has 2 atom stereocenters. The summed E-state index contributed by atoms with van der Waals surface area (Å²) in [6, 6.07) is 3.84. The molecule has 0 aliphatic carbocycles. The summed E-state index contributed by atoms with van der Waals surface area (Å²) in [5.74, 6) is 0.204. The van der Waals surface area contributed by atoms with Crippen molar-refractivity contribution in [1.29, 1.82) is 0 Å². The van der Waals surface area contributed by atoms with Crippen LogP contribution in [-0.2, 0) is 20.7 Å². The molecule has 1 aromatic carbocycles. The molecule has 2 heterocycles. The van der Waals surface area contributed by atoms with E-state index in [0.29, 0.717) is 18.9 Å². The van der Waals surface area contributed by atoms with Gasteiger partial charge in [0.15, 0.2) is 6.10 Å². The van der Waals surface area contributed by atoms with Gasteiger partial charge >= 0.3 is 5.97 Å². The topological polar surface area (TPSA) is 85.3 Å². The third-order valence-corrected chi connectivity index (χ3v) is 4.39. The highest BCUT2D eigenvalue weighted by atomic mass is 16.5. The van der Waals surface area contributed by atoms with Crippen LogP contribution >= 0.6 is 0 Å². The van der Waals surface area contributed by atoms with E-state index in [1.807, 2.05) is 26.0 Å². The molecule has 140 valence electrons. The molecule has 2 unspecified atom stereocenters. The molecule has 1 aromatic rings. The van der Waals surface area contributed by atoms with E-state index >= 15 is 0 Å². The van der Waals surface area contributed by atoms with Gasteiger partial charge in [-0.25, -0.2) is 4.79 Å². The summed E-state index contributed by atoms with van der Waals surface area (Å²) in [6.07, 6.45) is 3.11. The van der Waals surface area contributed by atoms with Gasteiger partial charge in [0, 0.05) is 30.2 Å². The number of carbonyl (C=O) groups excluding carboxylic acids is 1. The Kier molecular flexibility index (Phi) is 5.46. The zero-order chi connectivity index (χ0) is 18.7. The number of rotatable bonds is 5. The monoisotopic (exact) mass is 361 g/mol. The van der Waals surface area contributed by atoms with Gasteiger partial charge in [-0.2, -0.15) is 0 Å². The van der Waals surface area contributed by atoms with Crippen molar-refractivity contribution in [1.82, 2.24) is 4.90 Å². The third-order valence-electron chi connectivity index (χ3n) is 4.39. The quantitative estimate of drug-likeness (QED) is 0.804. The van der Waals surface area contributed by atoms with Gasteiger partial charge < -0.3 is 24.2 Å². The van der Waals surface area contributed by atoms with Crippen molar-refractivity contribution < 1.29 is 28.9 Å². The average molecular weight is 361 g/mol. The van der Waals surface area contributed by atoms with Crippen LogP contribution in [0.4, 0.5) is 0 Å². The predicted molar refractivity (Wildman–Crippen MR) is 94.4 cm³/mol. The summed E-state index contributed by atoms with van der Waals surface area (Å²) in [7, 11) is 0. The maximum Gasteiger partial charge on any atom is 0.334 e. The molecule has 26 heavy (non-hydrogen) atoms.